The van der Waals surface area contributed by atoms with E-state index in [4.69, 9.17) is 21.9 Å². The Hall–Kier alpha value is -1.30. The fraction of sp³-hybridized carbons (Fsp3) is 0.500. The van der Waals surface area contributed by atoms with Crippen LogP contribution < -0.4 is 11.3 Å². The minimum atomic E-state index is -0.118. The number of furan rings is 1. The van der Waals surface area contributed by atoms with Gasteiger partial charge in [0.15, 0.2) is 0 Å². The Labute approximate surface area is 124 Å². The van der Waals surface area contributed by atoms with E-state index in [-0.39, 0.29) is 6.04 Å². The maximum Gasteiger partial charge on any atom is 0.122 e. The summed E-state index contributed by atoms with van der Waals surface area (Å²) in [5, 5.41) is 5.14. The highest BCUT2D eigenvalue weighted by atomic mass is 35.5. The SMILES string of the molecule is CCc1ccc(C(Cc2c(Cl)c(CC)nn2C)NN)o1. The lowest BCUT2D eigenvalue weighted by Gasteiger charge is -2.14. The van der Waals surface area contributed by atoms with Crippen LogP contribution in [0.3, 0.4) is 0 Å². The molecule has 0 spiro atoms. The topological polar surface area (TPSA) is 69.0 Å². The van der Waals surface area contributed by atoms with E-state index in [1.807, 2.05) is 30.8 Å². The molecule has 2 rings (SSSR count). The molecule has 2 heterocycles. The van der Waals surface area contributed by atoms with Crippen LogP contribution in [0.1, 0.15) is 42.8 Å². The van der Waals surface area contributed by atoms with Crippen LogP contribution in [0.25, 0.3) is 0 Å². The Morgan fingerprint density at radius 3 is 2.65 bits per heavy atom. The number of hydrogen-bond donors (Lipinski definition) is 2. The summed E-state index contributed by atoms with van der Waals surface area (Å²) in [4.78, 5) is 0. The number of hydrazine groups is 1. The van der Waals surface area contributed by atoms with E-state index >= 15 is 0 Å². The Bertz CT molecular complexity index is 576. The zero-order valence-corrected chi connectivity index (χ0v) is 12.9. The molecule has 0 saturated carbocycles. The fourth-order valence-electron chi connectivity index (χ4n) is 2.25. The summed E-state index contributed by atoms with van der Waals surface area (Å²) in [7, 11) is 1.90. The third kappa shape index (κ3) is 2.90. The summed E-state index contributed by atoms with van der Waals surface area (Å²) in [6, 6.07) is 3.81. The molecule has 0 radical (unpaired) electrons. The largest absolute Gasteiger partial charge is 0.464 e. The monoisotopic (exact) mass is 296 g/mol. The van der Waals surface area contributed by atoms with Gasteiger partial charge >= 0.3 is 0 Å². The van der Waals surface area contributed by atoms with E-state index in [2.05, 4.69) is 17.4 Å². The molecule has 0 aliphatic heterocycles. The van der Waals surface area contributed by atoms with Gasteiger partial charge in [0.05, 0.1) is 22.5 Å². The summed E-state index contributed by atoms with van der Waals surface area (Å²) < 4.78 is 7.57. The molecule has 6 heteroatoms. The Kier molecular flexibility index (Phi) is 4.86. The summed E-state index contributed by atoms with van der Waals surface area (Å²) >= 11 is 6.37. The third-order valence-electron chi connectivity index (χ3n) is 3.48. The van der Waals surface area contributed by atoms with Gasteiger partial charge in [-0.15, -0.1) is 0 Å². The van der Waals surface area contributed by atoms with Crippen LogP contribution in [-0.2, 0) is 26.3 Å². The molecule has 0 saturated heterocycles. The molecule has 0 fully saturated rings. The molecule has 110 valence electrons. The number of rotatable bonds is 6. The van der Waals surface area contributed by atoms with Crippen molar-refractivity contribution in [3.8, 4) is 0 Å². The third-order valence-corrected chi connectivity index (χ3v) is 3.91. The molecule has 0 amide bonds. The van der Waals surface area contributed by atoms with Gasteiger partial charge in [-0.25, -0.2) is 5.43 Å². The number of nitrogens with two attached hydrogens (primary N) is 1. The van der Waals surface area contributed by atoms with E-state index in [0.29, 0.717) is 6.42 Å². The smallest absolute Gasteiger partial charge is 0.122 e. The van der Waals surface area contributed by atoms with Crippen LogP contribution in [0.5, 0.6) is 0 Å². The highest BCUT2D eigenvalue weighted by Gasteiger charge is 2.20. The van der Waals surface area contributed by atoms with Crippen molar-refractivity contribution in [2.24, 2.45) is 12.9 Å². The van der Waals surface area contributed by atoms with Crippen LogP contribution in [0.4, 0.5) is 0 Å². The normalized spacial score (nSPS) is 12.8. The molecule has 1 atom stereocenters. The Morgan fingerprint density at radius 1 is 1.40 bits per heavy atom. The second-order valence-electron chi connectivity index (χ2n) is 4.77. The highest BCUT2D eigenvalue weighted by molar-refractivity contribution is 6.31. The van der Waals surface area contributed by atoms with E-state index in [1.165, 1.54) is 0 Å². The molecule has 0 aromatic carbocycles. The van der Waals surface area contributed by atoms with Crippen molar-refractivity contribution < 1.29 is 4.42 Å². The first-order valence-electron chi connectivity index (χ1n) is 6.85. The molecule has 1 unspecified atom stereocenters. The molecule has 5 nitrogen and oxygen atoms in total. The van der Waals surface area contributed by atoms with Crippen molar-refractivity contribution in [3.63, 3.8) is 0 Å². The summed E-state index contributed by atoms with van der Waals surface area (Å²) in [6.07, 6.45) is 2.31. The second kappa shape index (κ2) is 6.43. The van der Waals surface area contributed by atoms with Crippen molar-refractivity contribution >= 4 is 11.6 Å². The molecule has 0 aliphatic carbocycles. The standard InChI is InChI=1S/C14H21ClN4O/c1-4-9-6-7-13(20-9)11(17-16)8-12-14(15)10(5-2)18-19(12)3/h6-7,11,17H,4-5,8,16H2,1-3H3. The van der Waals surface area contributed by atoms with Gasteiger partial charge in [-0.2, -0.15) is 5.10 Å². The van der Waals surface area contributed by atoms with Gasteiger partial charge in [-0.05, 0) is 18.6 Å². The van der Waals surface area contributed by atoms with Crippen molar-refractivity contribution in [1.82, 2.24) is 15.2 Å². The molecule has 2 aromatic rings. The molecule has 2 aromatic heterocycles. The number of aromatic nitrogens is 2. The number of nitrogens with zero attached hydrogens (tertiary/aromatic N) is 2. The van der Waals surface area contributed by atoms with Gasteiger partial charge < -0.3 is 4.42 Å². The van der Waals surface area contributed by atoms with Crippen LogP contribution in [0.15, 0.2) is 16.5 Å². The highest BCUT2D eigenvalue weighted by Crippen LogP contribution is 2.27. The first-order chi connectivity index (χ1) is 9.60. The molecule has 0 aliphatic rings. The summed E-state index contributed by atoms with van der Waals surface area (Å²) in [5.74, 6) is 7.43. The van der Waals surface area contributed by atoms with Gasteiger partial charge in [0.2, 0.25) is 0 Å². The average Bonchev–Trinajstić information content (AvgIpc) is 3.02. The number of aryl methyl sites for hydroxylation is 3. The Balaban J connectivity index is 2.24. The predicted octanol–water partition coefficient (Wildman–Crippen LogP) is 2.54. The van der Waals surface area contributed by atoms with Crippen molar-refractivity contribution in [1.29, 1.82) is 0 Å². The minimum absolute atomic E-state index is 0.118. The quantitative estimate of drug-likeness (QED) is 0.635. The van der Waals surface area contributed by atoms with Crippen LogP contribution >= 0.6 is 11.6 Å². The van der Waals surface area contributed by atoms with E-state index in [9.17, 15) is 0 Å². The van der Waals surface area contributed by atoms with Crippen molar-refractivity contribution in [3.05, 3.63) is 40.1 Å². The van der Waals surface area contributed by atoms with Gasteiger partial charge in [0.1, 0.15) is 11.5 Å². The molecular formula is C14H21ClN4O. The zero-order valence-electron chi connectivity index (χ0n) is 12.1. The lowest BCUT2D eigenvalue weighted by molar-refractivity contribution is 0.392. The van der Waals surface area contributed by atoms with E-state index < -0.39 is 0 Å². The first kappa shape index (κ1) is 15.1. The molecule has 3 N–H and O–H groups in total. The number of nitrogens with one attached hydrogen (secondary N) is 1. The average molecular weight is 297 g/mol. The molecule has 20 heavy (non-hydrogen) atoms. The first-order valence-corrected chi connectivity index (χ1v) is 7.23. The lowest BCUT2D eigenvalue weighted by atomic mass is 10.1. The minimum Gasteiger partial charge on any atom is -0.464 e. The maximum absolute atomic E-state index is 6.37. The predicted molar refractivity (Wildman–Crippen MR) is 79.5 cm³/mol. The van der Waals surface area contributed by atoms with Gasteiger partial charge in [0, 0.05) is 19.9 Å². The number of halogens is 1. The Morgan fingerprint density at radius 2 is 2.15 bits per heavy atom. The van der Waals surface area contributed by atoms with Crippen LogP contribution in [0.2, 0.25) is 5.02 Å². The van der Waals surface area contributed by atoms with Crippen LogP contribution in [-0.4, -0.2) is 9.78 Å². The van der Waals surface area contributed by atoms with Crippen molar-refractivity contribution in [2.45, 2.75) is 39.2 Å². The number of hydrogen-bond acceptors (Lipinski definition) is 4. The van der Waals surface area contributed by atoms with E-state index in [0.717, 1.165) is 40.8 Å². The summed E-state index contributed by atoms with van der Waals surface area (Å²) in [5.41, 5.74) is 4.66. The summed E-state index contributed by atoms with van der Waals surface area (Å²) in [6.45, 7) is 4.09. The molecule has 0 bridgehead atoms. The maximum atomic E-state index is 6.37. The zero-order chi connectivity index (χ0) is 14.7. The second-order valence-corrected chi connectivity index (χ2v) is 5.14. The lowest BCUT2D eigenvalue weighted by Crippen LogP contribution is -2.30. The van der Waals surface area contributed by atoms with Gasteiger partial charge in [-0.1, -0.05) is 25.4 Å². The molecular weight excluding hydrogens is 276 g/mol. The van der Waals surface area contributed by atoms with Crippen LogP contribution in [0, 0.1) is 0 Å². The van der Waals surface area contributed by atoms with E-state index in [1.54, 1.807) is 0 Å². The fourth-order valence-corrected chi connectivity index (χ4v) is 2.62. The van der Waals surface area contributed by atoms with Gasteiger partial charge in [0.25, 0.3) is 0 Å². The van der Waals surface area contributed by atoms with Crippen molar-refractivity contribution in [2.75, 3.05) is 0 Å². The van der Waals surface area contributed by atoms with Gasteiger partial charge in [-0.3, -0.25) is 10.5 Å².